The van der Waals surface area contributed by atoms with Crippen LogP contribution >= 0.6 is 0 Å². The minimum Gasteiger partial charge on any atom is -0.126 e. The highest BCUT2D eigenvalue weighted by molar-refractivity contribution is 5.01. The summed E-state index contributed by atoms with van der Waals surface area (Å²) in [4.78, 5) is 0. The Morgan fingerprint density at radius 3 is 2.78 bits per heavy atom. The Hall–Kier alpha value is -0.740. The summed E-state index contributed by atoms with van der Waals surface area (Å²) < 4.78 is 0. The summed E-state index contributed by atoms with van der Waals surface area (Å²) in [7, 11) is 0. The van der Waals surface area contributed by atoms with E-state index in [4.69, 9.17) is 0 Å². The SMILES string of the molecule is CC=C=CC=CCCC. The minimum absolute atomic E-state index is 1.17. The van der Waals surface area contributed by atoms with E-state index in [1.807, 2.05) is 25.2 Å². The molecule has 9 heavy (non-hydrogen) atoms. The van der Waals surface area contributed by atoms with Gasteiger partial charge in [0.15, 0.2) is 0 Å². The second-order valence-corrected chi connectivity index (χ2v) is 1.84. The van der Waals surface area contributed by atoms with E-state index >= 15 is 0 Å². The molecule has 0 rings (SSSR count). The molecule has 0 heterocycles. The lowest BCUT2D eigenvalue weighted by Gasteiger charge is -1.77. The van der Waals surface area contributed by atoms with Gasteiger partial charge in [0, 0.05) is 0 Å². The van der Waals surface area contributed by atoms with Crippen LogP contribution in [0.25, 0.3) is 0 Å². The van der Waals surface area contributed by atoms with Crippen LogP contribution in [-0.2, 0) is 0 Å². The van der Waals surface area contributed by atoms with E-state index in [0.29, 0.717) is 0 Å². The Labute approximate surface area is 57.6 Å². The fourth-order valence-electron chi connectivity index (χ4n) is 0.483. The molecule has 0 amide bonds. The van der Waals surface area contributed by atoms with Crippen molar-refractivity contribution in [2.24, 2.45) is 0 Å². The Morgan fingerprint density at radius 2 is 2.22 bits per heavy atom. The van der Waals surface area contributed by atoms with Crippen molar-refractivity contribution in [2.75, 3.05) is 0 Å². The summed E-state index contributed by atoms with van der Waals surface area (Å²) in [6.07, 6.45) is 10.4. The van der Waals surface area contributed by atoms with Gasteiger partial charge in [-0.05, 0) is 25.5 Å². The van der Waals surface area contributed by atoms with E-state index in [2.05, 4.69) is 18.7 Å². The van der Waals surface area contributed by atoms with Crippen LogP contribution in [0, 0.1) is 0 Å². The fraction of sp³-hybridized carbons (Fsp3) is 0.444. The molecule has 0 N–H and O–H groups in total. The molecule has 0 aromatic carbocycles. The van der Waals surface area contributed by atoms with E-state index in [1.165, 1.54) is 12.8 Å². The van der Waals surface area contributed by atoms with Crippen molar-refractivity contribution >= 4 is 0 Å². The highest BCUT2D eigenvalue weighted by Crippen LogP contribution is 1.87. The highest BCUT2D eigenvalue weighted by atomic mass is 13.7. The highest BCUT2D eigenvalue weighted by Gasteiger charge is 1.67. The van der Waals surface area contributed by atoms with Gasteiger partial charge in [0.25, 0.3) is 0 Å². The number of allylic oxidation sites excluding steroid dienone is 3. The molecule has 0 aliphatic rings. The molecular weight excluding hydrogens is 108 g/mol. The Bertz CT molecular complexity index is 123. The van der Waals surface area contributed by atoms with Gasteiger partial charge in [-0.3, -0.25) is 0 Å². The minimum atomic E-state index is 1.17. The number of hydrogen-bond acceptors (Lipinski definition) is 0. The lowest BCUT2D eigenvalue weighted by atomic mass is 10.3. The Balaban J connectivity index is 3.35. The zero-order valence-corrected chi connectivity index (χ0v) is 6.22. The van der Waals surface area contributed by atoms with Crippen molar-refractivity contribution in [1.29, 1.82) is 0 Å². The molecule has 0 saturated carbocycles. The van der Waals surface area contributed by atoms with Crippen molar-refractivity contribution in [3.8, 4) is 0 Å². The van der Waals surface area contributed by atoms with Crippen molar-refractivity contribution < 1.29 is 0 Å². The summed E-state index contributed by atoms with van der Waals surface area (Å²) in [6.45, 7) is 4.13. The van der Waals surface area contributed by atoms with Crippen molar-refractivity contribution in [1.82, 2.24) is 0 Å². The van der Waals surface area contributed by atoms with E-state index in [1.54, 1.807) is 0 Å². The third kappa shape index (κ3) is 7.26. The second kappa shape index (κ2) is 7.26. The molecule has 0 aliphatic carbocycles. The van der Waals surface area contributed by atoms with E-state index in [-0.39, 0.29) is 0 Å². The van der Waals surface area contributed by atoms with E-state index in [9.17, 15) is 0 Å². The first-order valence-electron chi connectivity index (χ1n) is 3.44. The first-order valence-corrected chi connectivity index (χ1v) is 3.44. The molecule has 0 nitrogen and oxygen atoms in total. The van der Waals surface area contributed by atoms with Gasteiger partial charge in [0.1, 0.15) is 0 Å². The first-order chi connectivity index (χ1) is 4.41. The molecular formula is C9H14. The summed E-state index contributed by atoms with van der Waals surface area (Å²) >= 11 is 0. The number of hydrogen-bond donors (Lipinski definition) is 0. The lowest BCUT2D eigenvalue weighted by Crippen LogP contribution is -1.57. The van der Waals surface area contributed by atoms with Gasteiger partial charge in [0.2, 0.25) is 0 Å². The molecule has 0 aliphatic heterocycles. The van der Waals surface area contributed by atoms with Crippen LogP contribution in [0.2, 0.25) is 0 Å². The molecule has 0 heteroatoms. The predicted molar refractivity (Wildman–Crippen MR) is 42.4 cm³/mol. The molecule has 0 saturated heterocycles. The molecule has 0 atom stereocenters. The quantitative estimate of drug-likeness (QED) is 0.398. The monoisotopic (exact) mass is 122 g/mol. The molecule has 0 aromatic heterocycles. The molecule has 0 radical (unpaired) electrons. The van der Waals surface area contributed by atoms with Crippen LogP contribution in [-0.4, -0.2) is 0 Å². The van der Waals surface area contributed by atoms with Crippen LogP contribution in [0.4, 0.5) is 0 Å². The van der Waals surface area contributed by atoms with Crippen LogP contribution in [0.5, 0.6) is 0 Å². The maximum absolute atomic E-state index is 2.97. The third-order valence-electron chi connectivity index (χ3n) is 0.951. The lowest BCUT2D eigenvalue weighted by molar-refractivity contribution is 0.959. The van der Waals surface area contributed by atoms with Gasteiger partial charge in [-0.15, -0.1) is 5.73 Å². The average molecular weight is 122 g/mol. The summed E-state index contributed by atoms with van der Waals surface area (Å²) in [5.41, 5.74) is 2.97. The fourth-order valence-corrected chi connectivity index (χ4v) is 0.483. The van der Waals surface area contributed by atoms with Crippen LogP contribution in [0.15, 0.2) is 30.0 Å². The van der Waals surface area contributed by atoms with E-state index < -0.39 is 0 Å². The van der Waals surface area contributed by atoms with Crippen LogP contribution < -0.4 is 0 Å². The zero-order valence-electron chi connectivity index (χ0n) is 6.22. The molecule has 0 spiro atoms. The van der Waals surface area contributed by atoms with Crippen molar-refractivity contribution in [2.45, 2.75) is 26.7 Å². The van der Waals surface area contributed by atoms with Crippen LogP contribution in [0.1, 0.15) is 26.7 Å². The first kappa shape index (κ1) is 8.26. The average Bonchev–Trinajstić information content (AvgIpc) is 1.89. The van der Waals surface area contributed by atoms with E-state index in [0.717, 1.165) is 0 Å². The van der Waals surface area contributed by atoms with Gasteiger partial charge < -0.3 is 0 Å². The zero-order chi connectivity index (χ0) is 6.95. The molecule has 0 fully saturated rings. The predicted octanol–water partition coefficient (Wildman–Crippen LogP) is 3.07. The third-order valence-corrected chi connectivity index (χ3v) is 0.951. The molecule has 50 valence electrons. The summed E-state index contributed by atoms with van der Waals surface area (Å²) in [5.74, 6) is 0. The van der Waals surface area contributed by atoms with Gasteiger partial charge in [0.05, 0.1) is 0 Å². The van der Waals surface area contributed by atoms with Crippen molar-refractivity contribution in [3.63, 3.8) is 0 Å². The standard InChI is InChI=1S/C9H14/c1-3-5-7-9-8-6-4-2/h3,7-9H,4,6H2,1-2H3. The van der Waals surface area contributed by atoms with Gasteiger partial charge in [-0.1, -0.05) is 25.5 Å². The number of unbranched alkanes of at least 4 members (excludes halogenated alkanes) is 1. The largest absolute Gasteiger partial charge is 0.126 e. The smallest absolute Gasteiger partial charge is 0.0206 e. The molecule has 0 aromatic rings. The Kier molecular flexibility index (Phi) is 6.66. The topological polar surface area (TPSA) is 0 Å². The maximum Gasteiger partial charge on any atom is -0.0206 e. The van der Waals surface area contributed by atoms with Crippen molar-refractivity contribution in [3.05, 3.63) is 30.0 Å². The summed E-state index contributed by atoms with van der Waals surface area (Å²) in [6, 6.07) is 0. The summed E-state index contributed by atoms with van der Waals surface area (Å²) in [5, 5.41) is 0. The Morgan fingerprint density at radius 1 is 1.44 bits per heavy atom. The van der Waals surface area contributed by atoms with Crippen LogP contribution in [0.3, 0.4) is 0 Å². The molecule has 0 bridgehead atoms. The van der Waals surface area contributed by atoms with Gasteiger partial charge in [-0.2, -0.15) is 0 Å². The van der Waals surface area contributed by atoms with Gasteiger partial charge >= 0.3 is 0 Å². The normalized spacial score (nSPS) is 9.11. The maximum atomic E-state index is 2.97. The number of rotatable bonds is 3. The second-order valence-electron chi connectivity index (χ2n) is 1.84. The molecule has 0 unspecified atom stereocenters. The van der Waals surface area contributed by atoms with Gasteiger partial charge in [-0.25, -0.2) is 0 Å².